The molecule has 6 heteroatoms. The van der Waals surface area contributed by atoms with E-state index in [4.69, 9.17) is 0 Å². The number of anilines is 1. The summed E-state index contributed by atoms with van der Waals surface area (Å²) in [6.07, 6.45) is 1.78. The molecule has 2 heterocycles. The lowest BCUT2D eigenvalue weighted by molar-refractivity contribution is 0.252. The van der Waals surface area contributed by atoms with Gasteiger partial charge in [0.05, 0.1) is 5.69 Å². The average molecular weight is 316 g/mol. The number of carbonyl (C=O) groups is 1. The summed E-state index contributed by atoms with van der Waals surface area (Å²) < 4.78 is 0. The first-order valence-electron chi connectivity index (χ1n) is 7.46. The molecule has 0 atom stereocenters. The van der Waals surface area contributed by atoms with Crippen LogP contribution in [0.5, 0.6) is 0 Å². The third kappa shape index (κ3) is 3.84. The topological polar surface area (TPSA) is 57.3 Å². The number of carbonyl (C=O) groups excluding carboxylic acids is 1. The Balaban J connectivity index is 1.48. The molecule has 1 aliphatic heterocycles. The van der Waals surface area contributed by atoms with Gasteiger partial charge in [0.25, 0.3) is 0 Å². The summed E-state index contributed by atoms with van der Waals surface area (Å²) in [4.78, 5) is 20.0. The van der Waals surface area contributed by atoms with E-state index in [0.29, 0.717) is 11.7 Å². The van der Waals surface area contributed by atoms with Crippen molar-refractivity contribution in [2.45, 2.75) is 19.4 Å². The number of hydrogen-bond acceptors (Lipinski definition) is 4. The van der Waals surface area contributed by atoms with Crippen LogP contribution < -0.4 is 10.6 Å². The number of aromatic nitrogens is 1. The normalized spacial score (nSPS) is 14.4. The lowest BCUT2D eigenvalue weighted by Gasteiger charge is -2.20. The van der Waals surface area contributed by atoms with Gasteiger partial charge in [-0.2, -0.15) is 0 Å². The maximum absolute atomic E-state index is 11.9. The second-order valence-corrected chi connectivity index (χ2v) is 6.58. The van der Waals surface area contributed by atoms with E-state index in [1.165, 1.54) is 10.4 Å². The van der Waals surface area contributed by atoms with E-state index >= 15 is 0 Å². The summed E-state index contributed by atoms with van der Waals surface area (Å²) in [5.41, 5.74) is 2.35. The van der Waals surface area contributed by atoms with Crippen LogP contribution in [0.2, 0.25) is 0 Å². The summed E-state index contributed by atoms with van der Waals surface area (Å²) in [5, 5.41) is 6.41. The molecule has 0 radical (unpaired) electrons. The van der Waals surface area contributed by atoms with E-state index in [2.05, 4.69) is 39.7 Å². The van der Waals surface area contributed by atoms with E-state index < -0.39 is 0 Å². The minimum Gasteiger partial charge on any atom is -0.337 e. The smallest absolute Gasteiger partial charge is 0.321 e. The zero-order valence-electron chi connectivity index (χ0n) is 12.6. The molecule has 0 bridgehead atoms. The third-order valence-electron chi connectivity index (χ3n) is 3.68. The van der Waals surface area contributed by atoms with Crippen LogP contribution in [0.4, 0.5) is 9.93 Å². The van der Waals surface area contributed by atoms with Crippen LogP contribution in [0.15, 0.2) is 30.3 Å². The van der Waals surface area contributed by atoms with Crippen LogP contribution in [0.1, 0.15) is 16.1 Å². The van der Waals surface area contributed by atoms with Crippen molar-refractivity contribution in [2.75, 3.05) is 25.5 Å². The summed E-state index contributed by atoms with van der Waals surface area (Å²) in [5.74, 6) is 0. The Kier molecular flexibility index (Phi) is 4.70. The number of urea groups is 1. The molecule has 2 N–H and O–H groups in total. The van der Waals surface area contributed by atoms with Crippen molar-refractivity contribution in [1.29, 1.82) is 0 Å². The average Bonchev–Trinajstić information content (AvgIpc) is 2.89. The molecule has 0 saturated heterocycles. The number of benzene rings is 1. The Labute approximate surface area is 134 Å². The number of amides is 2. The van der Waals surface area contributed by atoms with Crippen molar-refractivity contribution in [2.24, 2.45) is 0 Å². The number of thiazole rings is 1. The third-order valence-corrected chi connectivity index (χ3v) is 4.68. The highest BCUT2D eigenvalue weighted by Crippen LogP contribution is 2.27. The molecular formula is C16H20N4OS. The van der Waals surface area contributed by atoms with Crippen LogP contribution in [0.3, 0.4) is 0 Å². The number of nitrogens with one attached hydrogen (secondary N) is 2. The minimum atomic E-state index is -0.185. The fourth-order valence-corrected chi connectivity index (χ4v) is 3.57. The van der Waals surface area contributed by atoms with Crippen molar-refractivity contribution in [3.63, 3.8) is 0 Å². The van der Waals surface area contributed by atoms with Crippen LogP contribution in [0.25, 0.3) is 0 Å². The summed E-state index contributed by atoms with van der Waals surface area (Å²) >= 11 is 1.57. The molecule has 0 saturated carbocycles. The van der Waals surface area contributed by atoms with Crippen LogP contribution in [0, 0.1) is 0 Å². The van der Waals surface area contributed by atoms with E-state index in [1.54, 1.807) is 11.3 Å². The molecule has 1 aromatic heterocycles. The highest BCUT2D eigenvalue weighted by Gasteiger charge is 2.18. The minimum absolute atomic E-state index is 0.185. The largest absolute Gasteiger partial charge is 0.337 e. The van der Waals surface area contributed by atoms with Gasteiger partial charge in [0, 0.05) is 30.9 Å². The van der Waals surface area contributed by atoms with Crippen molar-refractivity contribution >= 4 is 22.5 Å². The highest BCUT2D eigenvalue weighted by atomic mass is 32.1. The van der Waals surface area contributed by atoms with Gasteiger partial charge in [0.1, 0.15) is 0 Å². The van der Waals surface area contributed by atoms with Crippen molar-refractivity contribution in [3.05, 3.63) is 46.5 Å². The van der Waals surface area contributed by atoms with Gasteiger partial charge in [-0.3, -0.25) is 5.32 Å². The van der Waals surface area contributed by atoms with Crippen molar-refractivity contribution in [1.82, 2.24) is 15.2 Å². The molecule has 0 aliphatic carbocycles. The Morgan fingerprint density at radius 2 is 2.18 bits per heavy atom. The Morgan fingerprint density at radius 3 is 3.00 bits per heavy atom. The molecule has 116 valence electrons. The highest BCUT2D eigenvalue weighted by molar-refractivity contribution is 7.15. The fourth-order valence-electron chi connectivity index (χ4n) is 2.48. The standard InChI is InChI=1S/C16H20N4OS/c1-20-10-8-13-14(11-20)22-16(18-13)19-15(21)17-9-7-12-5-3-2-4-6-12/h2-6H,7-11H2,1H3,(H2,17,18,19,21). The predicted molar refractivity (Wildman–Crippen MR) is 89.3 cm³/mol. The Hall–Kier alpha value is -1.92. The van der Waals surface area contributed by atoms with Gasteiger partial charge in [-0.15, -0.1) is 11.3 Å². The van der Waals surface area contributed by atoms with Crippen molar-refractivity contribution in [3.8, 4) is 0 Å². The van der Waals surface area contributed by atoms with Gasteiger partial charge in [-0.05, 0) is 19.0 Å². The molecule has 22 heavy (non-hydrogen) atoms. The molecular weight excluding hydrogens is 296 g/mol. The summed E-state index contributed by atoms with van der Waals surface area (Å²) in [6, 6.07) is 9.94. The first-order valence-corrected chi connectivity index (χ1v) is 8.28. The van der Waals surface area contributed by atoms with Gasteiger partial charge >= 0.3 is 6.03 Å². The first-order chi connectivity index (χ1) is 10.7. The first kappa shape index (κ1) is 15.0. The van der Waals surface area contributed by atoms with Gasteiger partial charge in [0.15, 0.2) is 5.13 Å². The van der Waals surface area contributed by atoms with Crippen LogP contribution in [-0.4, -0.2) is 36.1 Å². The molecule has 1 aliphatic rings. The molecule has 2 amide bonds. The number of rotatable bonds is 4. The molecule has 1 aromatic carbocycles. The lowest BCUT2D eigenvalue weighted by atomic mass is 10.1. The van der Waals surface area contributed by atoms with Crippen molar-refractivity contribution < 1.29 is 4.79 Å². The molecule has 0 fully saturated rings. The Bertz CT molecular complexity index is 641. The maximum atomic E-state index is 11.9. The van der Waals surface area contributed by atoms with Crippen LogP contribution in [-0.2, 0) is 19.4 Å². The monoisotopic (exact) mass is 316 g/mol. The van der Waals surface area contributed by atoms with Gasteiger partial charge in [0.2, 0.25) is 0 Å². The summed E-state index contributed by atoms with van der Waals surface area (Å²) in [6.45, 7) is 2.56. The van der Waals surface area contributed by atoms with E-state index in [1.807, 2.05) is 18.2 Å². The number of hydrogen-bond donors (Lipinski definition) is 2. The number of fused-ring (bicyclic) bond motifs is 1. The summed E-state index contributed by atoms with van der Waals surface area (Å²) in [7, 11) is 2.10. The molecule has 3 rings (SSSR count). The van der Waals surface area contributed by atoms with Gasteiger partial charge in [-0.1, -0.05) is 30.3 Å². The Morgan fingerprint density at radius 1 is 1.36 bits per heavy atom. The SMILES string of the molecule is CN1CCc2nc(NC(=O)NCCc3ccccc3)sc2C1. The lowest BCUT2D eigenvalue weighted by Crippen LogP contribution is -2.30. The van der Waals surface area contributed by atoms with E-state index in [0.717, 1.165) is 31.6 Å². The quantitative estimate of drug-likeness (QED) is 0.911. The zero-order valence-corrected chi connectivity index (χ0v) is 13.4. The van der Waals surface area contributed by atoms with Gasteiger partial charge in [-0.25, -0.2) is 9.78 Å². The van der Waals surface area contributed by atoms with Crippen LogP contribution >= 0.6 is 11.3 Å². The molecule has 0 spiro atoms. The predicted octanol–water partition coefficient (Wildman–Crippen LogP) is 2.50. The second-order valence-electron chi connectivity index (χ2n) is 5.49. The fraction of sp³-hybridized carbons (Fsp3) is 0.375. The number of likely N-dealkylation sites (N-methyl/N-ethyl adjacent to an activating group) is 1. The van der Waals surface area contributed by atoms with E-state index in [9.17, 15) is 4.79 Å². The molecule has 5 nitrogen and oxygen atoms in total. The van der Waals surface area contributed by atoms with E-state index in [-0.39, 0.29) is 6.03 Å². The van der Waals surface area contributed by atoms with Gasteiger partial charge < -0.3 is 10.2 Å². The maximum Gasteiger partial charge on any atom is 0.321 e. The molecule has 0 unspecified atom stereocenters. The zero-order chi connectivity index (χ0) is 15.4. The number of nitrogens with zero attached hydrogens (tertiary/aromatic N) is 2. The second kappa shape index (κ2) is 6.89. The molecule has 2 aromatic rings.